The highest BCUT2D eigenvalue weighted by molar-refractivity contribution is 5.97. The van der Waals surface area contributed by atoms with E-state index in [0.717, 1.165) is 6.20 Å². The van der Waals surface area contributed by atoms with E-state index in [1.165, 1.54) is 12.1 Å². The maximum Gasteiger partial charge on any atom is 0.454 e. The third-order valence-electron chi connectivity index (χ3n) is 3.71. The Balaban J connectivity index is 1.63. The summed E-state index contributed by atoms with van der Waals surface area (Å²) in [5, 5.41) is 10.2. The number of hydrogen-bond acceptors (Lipinski definition) is 7. The van der Waals surface area contributed by atoms with E-state index in [4.69, 9.17) is 9.15 Å². The smallest absolute Gasteiger partial charge is 0.452 e. The molecule has 0 fully saturated rings. The quantitative estimate of drug-likeness (QED) is 0.456. The van der Waals surface area contributed by atoms with Crippen LogP contribution in [0.2, 0.25) is 0 Å². The molecule has 0 spiro atoms. The lowest BCUT2D eigenvalue weighted by Gasteiger charge is -2.08. The molecule has 0 radical (unpaired) electrons. The van der Waals surface area contributed by atoms with Gasteiger partial charge < -0.3 is 14.5 Å². The van der Waals surface area contributed by atoms with Crippen LogP contribution in [-0.2, 0) is 16.1 Å². The standard InChI is InChI=1S/C20H14F3N3O4/c21-20(22,23)16(27)10-11-24-15-9-5-4-8-14(15)19(28)29-12-17-25-26-18(30-17)13-6-2-1-3-7-13/h1-11,24H,12H2/b11-10+. The van der Waals surface area contributed by atoms with Gasteiger partial charge in [-0.1, -0.05) is 30.3 Å². The molecule has 30 heavy (non-hydrogen) atoms. The number of esters is 1. The summed E-state index contributed by atoms with van der Waals surface area (Å²) in [6.07, 6.45) is -3.85. The van der Waals surface area contributed by atoms with Crippen LogP contribution in [0.15, 0.2) is 71.3 Å². The van der Waals surface area contributed by atoms with E-state index < -0.39 is 17.9 Å². The number of nitrogens with zero attached hydrogens (tertiary/aromatic N) is 2. The molecule has 1 N–H and O–H groups in total. The molecule has 0 saturated heterocycles. The van der Waals surface area contributed by atoms with Gasteiger partial charge in [-0.05, 0) is 24.3 Å². The van der Waals surface area contributed by atoms with E-state index in [0.29, 0.717) is 11.6 Å². The van der Waals surface area contributed by atoms with Crippen molar-refractivity contribution in [2.45, 2.75) is 12.8 Å². The molecule has 0 aliphatic carbocycles. The highest BCUT2D eigenvalue weighted by atomic mass is 19.4. The lowest BCUT2D eigenvalue weighted by Crippen LogP contribution is -2.20. The van der Waals surface area contributed by atoms with Gasteiger partial charge in [0.25, 0.3) is 11.7 Å². The number of hydrogen-bond donors (Lipinski definition) is 1. The molecule has 3 rings (SSSR count). The van der Waals surface area contributed by atoms with Crippen LogP contribution in [0, 0.1) is 0 Å². The molecule has 0 amide bonds. The van der Waals surface area contributed by atoms with E-state index in [-0.39, 0.29) is 29.6 Å². The number of ketones is 1. The van der Waals surface area contributed by atoms with Crippen LogP contribution in [0.3, 0.4) is 0 Å². The number of halogens is 3. The third kappa shape index (κ3) is 5.31. The van der Waals surface area contributed by atoms with E-state index in [9.17, 15) is 22.8 Å². The predicted molar refractivity (Wildman–Crippen MR) is 99.1 cm³/mol. The van der Waals surface area contributed by atoms with Crippen LogP contribution in [0.1, 0.15) is 16.2 Å². The van der Waals surface area contributed by atoms with Crippen molar-refractivity contribution in [2.24, 2.45) is 0 Å². The lowest BCUT2D eigenvalue weighted by atomic mass is 10.2. The van der Waals surface area contributed by atoms with Crippen molar-refractivity contribution in [1.29, 1.82) is 0 Å². The van der Waals surface area contributed by atoms with E-state index in [1.54, 1.807) is 36.4 Å². The summed E-state index contributed by atoms with van der Waals surface area (Å²) < 4.78 is 47.3. The largest absolute Gasteiger partial charge is 0.454 e. The van der Waals surface area contributed by atoms with Crippen molar-refractivity contribution >= 4 is 17.4 Å². The number of benzene rings is 2. The highest BCUT2D eigenvalue weighted by Gasteiger charge is 2.36. The van der Waals surface area contributed by atoms with Gasteiger partial charge >= 0.3 is 12.1 Å². The lowest BCUT2D eigenvalue weighted by molar-refractivity contribution is -0.165. The molecule has 10 heteroatoms. The van der Waals surface area contributed by atoms with Crippen molar-refractivity contribution in [1.82, 2.24) is 10.2 Å². The number of rotatable bonds is 7. The molecule has 0 aliphatic rings. The zero-order chi connectivity index (χ0) is 21.6. The second kappa shape index (κ2) is 9.03. The zero-order valence-electron chi connectivity index (χ0n) is 15.2. The van der Waals surface area contributed by atoms with Crippen LogP contribution < -0.4 is 5.32 Å². The molecule has 0 saturated carbocycles. The van der Waals surface area contributed by atoms with Gasteiger partial charge in [-0.25, -0.2) is 4.79 Å². The molecule has 3 aromatic rings. The number of allylic oxidation sites excluding steroid dienone is 1. The van der Waals surface area contributed by atoms with Crippen LogP contribution in [0.5, 0.6) is 0 Å². The molecule has 7 nitrogen and oxygen atoms in total. The molecular formula is C20H14F3N3O4. The van der Waals surface area contributed by atoms with E-state index in [1.807, 2.05) is 6.07 Å². The Morgan fingerprint density at radius 2 is 1.73 bits per heavy atom. The Morgan fingerprint density at radius 3 is 2.47 bits per heavy atom. The Hall–Kier alpha value is -3.95. The van der Waals surface area contributed by atoms with Crippen LogP contribution in [0.4, 0.5) is 18.9 Å². The van der Waals surface area contributed by atoms with Gasteiger partial charge in [-0.3, -0.25) is 4.79 Å². The van der Waals surface area contributed by atoms with Gasteiger partial charge in [0.05, 0.1) is 11.3 Å². The summed E-state index contributed by atoms with van der Waals surface area (Å²) in [7, 11) is 0. The summed E-state index contributed by atoms with van der Waals surface area (Å²) in [6, 6.07) is 15.0. The normalized spacial score (nSPS) is 11.4. The first-order valence-electron chi connectivity index (χ1n) is 8.53. The fourth-order valence-electron chi connectivity index (χ4n) is 2.30. The minimum Gasteiger partial charge on any atom is -0.452 e. The van der Waals surface area contributed by atoms with Crippen molar-refractivity contribution in [3.05, 3.63) is 78.3 Å². The molecule has 0 aliphatic heterocycles. The van der Waals surface area contributed by atoms with Gasteiger partial charge in [0, 0.05) is 17.8 Å². The first kappa shape index (κ1) is 20.8. The minimum absolute atomic E-state index is 0.0457. The molecule has 1 heterocycles. The number of alkyl halides is 3. The predicted octanol–water partition coefficient (Wildman–Crippen LogP) is 4.15. The fraction of sp³-hybridized carbons (Fsp3) is 0.100. The zero-order valence-corrected chi connectivity index (χ0v) is 15.2. The van der Waals surface area contributed by atoms with Crippen LogP contribution >= 0.6 is 0 Å². The second-order valence-corrected chi connectivity index (χ2v) is 5.83. The molecule has 2 aromatic carbocycles. The number of carbonyl (C=O) groups excluding carboxylic acids is 2. The van der Waals surface area contributed by atoms with Crippen molar-refractivity contribution in [2.75, 3.05) is 5.32 Å². The molecule has 154 valence electrons. The molecule has 1 aromatic heterocycles. The SMILES string of the molecule is O=C(OCc1nnc(-c2ccccc2)o1)c1ccccc1N/C=C/C(=O)C(F)(F)F. The maximum absolute atomic E-state index is 12.3. The average Bonchev–Trinajstić information content (AvgIpc) is 3.21. The van der Waals surface area contributed by atoms with Gasteiger partial charge in [-0.15, -0.1) is 10.2 Å². The van der Waals surface area contributed by atoms with Gasteiger partial charge in [0.1, 0.15) is 0 Å². The molecule has 0 unspecified atom stereocenters. The number of ether oxygens (including phenoxy) is 1. The Morgan fingerprint density at radius 1 is 1.03 bits per heavy atom. The first-order valence-corrected chi connectivity index (χ1v) is 8.53. The highest BCUT2D eigenvalue weighted by Crippen LogP contribution is 2.20. The molecule has 0 bridgehead atoms. The fourth-order valence-corrected chi connectivity index (χ4v) is 2.30. The monoisotopic (exact) mass is 417 g/mol. The van der Waals surface area contributed by atoms with Crippen LogP contribution in [0.25, 0.3) is 11.5 Å². The summed E-state index contributed by atoms with van der Waals surface area (Å²) >= 11 is 0. The third-order valence-corrected chi connectivity index (χ3v) is 3.71. The number of nitrogens with one attached hydrogen (secondary N) is 1. The summed E-state index contributed by atoms with van der Waals surface area (Å²) in [4.78, 5) is 23.2. The topological polar surface area (TPSA) is 94.3 Å². The van der Waals surface area contributed by atoms with Crippen molar-refractivity contribution in [3.8, 4) is 11.5 Å². The summed E-state index contributed by atoms with van der Waals surface area (Å²) in [5.74, 6) is -2.46. The molecular weight excluding hydrogens is 403 g/mol. The summed E-state index contributed by atoms with van der Waals surface area (Å²) in [5.41, 5.74) is 0.908. The Labute approximate surface area is 168 Å². The van der Waals surface area contributed by atoms with Crippen LogP contribution in [-0.4, -0.2) is 28.1 Å². The van der Waals surface area contributed by atoms with Gasteiger partial charge in [0.2, 0.25) is 5.89 Å². The second-order valence-electron chi connectivity index (χ2n) is 5.83. The number of anilines is 1. The van der Waals surface area contributed by atoms with E-state index in [2.05, 4.69) is 15.5 Å². The minimum atomic E-state index is -4.97. The number of aromatic nitrogens is 2. The van der Waals surface area contributed by atoms with Crippen molar-refractivity contribution in [3.63, 3.8) is 0 Å². The Bertz CT molecular complexity index is 1060. The Kier molecular flexibility index (Phi) is 6.26. The van der Waals surface area contributed by atoms with E-state index >= 15 is 0 Å². The first-order chi connectivity index (χ1) is 14.3. The summed E-state index contributed by atoms with van der Waals surface area (Å²) in [6.45, 7) is -0.296. The van der Waals surface area contributed by atoms with Gasteiger partial charge in [0.15, 0.2) is 6.61 Å². The van der Waals surface area contributed by atoms with Crippen molar-refractivity contribution < 1.29 is 31.9 Å². The number of para-hydroxylation sites is 1. The maximum atomic E-state index is 12.3. The average molecular weight is 417 g/mol. The van der Waals surface area contributed by atoms with Gasteiger partial charge in [-0.2, -0.15) is 13.2 Å². The number of carbonyl (C=O) groups is 2. The molecule has 0 atom stereocenters.